The van der Waals surface area contributed by atoms with E-state index < -0.39 is 29.7 Å². The summed E-state index contributed by atoms with van der Waals surface area (Å²) in [6.07, 6.45) is -6.87. The van der Waals surface area contributed by atoms with Gasteiger partial charge in [-0.1, -0.05) is 13.8 Å². The number of rotatable bonds is 8. The predicted octanol–water partition coefficient (Wildman–Crippen LogP) is 4.20. The topological polar surface area (TPSA) is 37.3 Å². The van der Waals surface area contributed by atoms with Crippen LogP contribution in [0.5, 0.6) is 0 Å². The average Bonchev–Trinajstić information content (AvgIpc) is 2.19. The van der Waals surface area contributed by atoms with Gasteiger partial charge in [-0.3, -0.25) is 4.79 Å². The Labute approximate surface area is 112 Å². The molecule has 0 aromatic rings. The molecule has 0 aliphatic rings. The van der Waals surface area contributed by atoms with Crippen LogP contribution in [0.2, 0.25) is 0 Å². The van der Waals surface area contributed by atoms with Crippen molar-refractivity contribution < 1.29 is 31.9 Å². The van der Waals surface area contributed by atoms with E-state index in [0.717, 1.165) is 11.8 Å². The molecule has 2 nitrogen and oxygen atoms in total. The molecule has 0 fully saturated rings. The number of alkyl halides is 5. The summed E-state index contributed by atoms with van der Waals surface area (Å²) in [7, 11) is 0. The zero-order valence-corrected chi connectivity index (χ0v) is 11.5. The fourth-order valence-electron chi connectivity index (χ4n) is 1.33. The van der Waals surface area contributed by atoms with E-state index in [4.69, 9.17) is 5.11 Å². The van der Waals surface area contributed by atoms with Crippen LogP contribution >= 0.6 is 11.8 Å². The second-order valence-electron chi connectivity index (χ2n) is 4.63. The molecule has 0 saturated carbocycles. The van der Waals surface area contributed by atoms with Gasteiger partial charge in [-0.2, -0.15) is 22.0 Å². The molecule has 0 spiro atoms. The van der Waals surface area contributed by atoms with E-state index in [0.29, 0.717) is 6.42 Å². The molecule has 1 N–H and O–H groups in total. The van der Waals surface area contributed by atoms with Crippen molar-refractivity contribution in [1.29, 1.82) is 0 Å². The van der Waals surface area contributed by atoms with Crippen molar-refractivity contribution in [3.63, 3.8) is 0 Å². The maximum absolute atomic E-state index is 12.6. The van der Waals surface area contributed by atoms with Gasteiger partial charge < -0.3 is 5.11 Å². The van der Waals surface area contributed by atoms with Gasteiger partial charge in [0, 0.05) is 6.42 Å². The molecule has 1 unspecified atom stereocenters. The first-order valence-corrected chi connectivity index (χ1v) is 6.81. The molecule has 0 bridgehead atoms. The van der Waals surface area contributed by atoms with Crippen molar-refractivity contribution in [2.45, 2.75) is 50.5 Å². The van der Waals surface area contributed by atoms with Crippen molar-refractivity contribution in [2.24, 2.45) is 5.92 Å². The van der Waals surface area contributed by atoms with Crippen molar-refractivity contribution in [3.05, 3.63) is 0 Å². The lowest BCUT2D eigenvalue weighted by molar-refractivity contribution is -0.284. The Morgan fingerprint density at radius 1 is 1.21 bits per heavy atom. The molecule has 19 heavy (non-hydrogen) atoms. The minimum atomic E-state index is -5.54. The Morgan fingerprint density at radius 2 is 1.74 bits per heavy atom. The van der Waals surface area contributed by atoms with Crippen LogP contribution in [0.3, 0.4) is 0 Å². The van der Waals surface area contributed by atoms with E-state index >= 15 is 0 Å². The summed E-state index contributed by atoms with van der Waals surface area (Å²) in [5.41, 5.74) is 0. The average molecular weight is 308 g/mol. The minimum Gasteiger partial charge on any atom is -0.480 e. The first kappa shape index (κ1) is 18.5. The lowest BCUT2D eigenvalue weighted by Gasteiger charge is -2.20. The van der Waals surface area contributed by atoms with Crippen LogP contribution in [-0.4, -0.2) is 34.2 Å². The van der Waals surface area contributed by atoms with Crippen molar-refractivity contribution in [1.82, 2.24) is 0 Å². The highest BCUT2D eigenvalue weighted by atomic mass is 32.2. The predicted molar refractivity (Wildman–Crippen MR) is 63.6 cm³/mol. The molecule has 1 atom stereocenters. The maximum atomic E-state index is 12.6. The third-order valence-electron chi connectivity index (χ3n) is 2.33. The molecule has 114 valence electrons. The fraction of sp³-hybridized carbons (Fsp3) is 0.909. The number of thioether (sulfide) groups is 1. The quantitative estimate of drug-likeness (QED) is 0.539. The number of carbonyl (C=O) groups is 1. The van der Waals surface area contributed by atoms with Gasteiger partial charge in [-0.25, -0.2) is 0 Å². The molecular formula is C11H17F5O2S. The van der Waals surface area contributed by atoms with Crippen molar-refractivity contribution in [2.75, 3.05) is 5.75 Å². The molecule has 0 rings (SSSR count). The number of aliphatic carboxylic acids is 1. The van der Waals surface area contributed by atoms with Crippen LogP contribution in [0.15, 0.2) is 0 Å². The Morgan fingerprint density at radius 3 is 2.11 bits per heavy atom. The lowest BCUT2D eigenvalue weighted by atomic mass is 10.1. The largest absolute Gasteiger partial charge is 0.480 e. The maximum Gasteiger partial charge on any atom is 0.453 e. The highest BCUT2D eigenvalue weighted by Crippen LogP contribution is 2.39. The van der Waals surface area contributed by atoms with Gasteiger partial charge >= 0.3 is 18.1 Å². The summed E-state index contributed by atoms with van der Waals surface area (Å²) in [5.74, 6) is -5.69. The standard InChI is InChI=1S/C11H17F5O2S/c1-7(2)6-8(9(17)18)19-5-3-4-10(12,13)11(14,15)16/h7-8H,3-6H2,1-2H3,(H,17,18). The van der Waals surface area contributed by atoms with Gasteiger partial charge in [0.05, 0.1) is 0 Å². The third kappa shape index (κ3) is 6.98. The Balaban J connectivity index is 4.11. The van der Waals surface area contributed by atoms with Crippen LogP contribution in [0, 0.1) is 5.92 Å². The Kier molecular flexibility index (Phi) is 7.10. The first-order valence-electron chi connectivity index (χ1n) is 5.76. The van der Waals surface area contributed by atoms with E-state index in [1.54, 1.807) is 0 Å². The summed E-state index contributed by atoms with van der Waals surface area (Å²) in [6.45, 7) is 3.63. The van der Waals surface area contributed by atoms with Gasteiger partial charge in [0.2, 0.25) is 0 Å². The van der Waals surface area contributed by atoms with Gasteiger partial charge in [-0.05, 0) is 24.5 Å². The molecule has 0 radical (unpaired) electrons. The van der Waals surface area contributed by atoms with E-state index in [-0.39, 0.29) is 18.1 Å². The smallest absolute Gasteiger partial charge is 0.453 e. The van der Waals surface area contributed by atoms with Crippen LogP contribution in [-0.2, 0) is 4.79 Å². The van der Waals surface area contributed by atoms with Crippen molar-refractivity contribution >= 4 is 17.7 Å². The van der Waals surface area contributed by atoms with Gasteiger partial charge in [-0.15, -0.1) is 11.8 Å². The summed E-state index contributed by atoms with van der Waals surface area (Å²) >= 11 is 0.909. The van der Waals surface area contributed by atoms with E-state index in [9.17, 15) is 26.7 Å². The first-order chi connectivity index (χ1) is 8.47. The second-order valence-corrected chi connectivity index (χ2v) is 5.94. The molecule has 0 amide bonds. The lowest BCUT2D eigenvalue weighted by Crippen LogP contribution is -2.36. The number of carboxylic acid groups (broad SMARTS) is 1. The molecule has 8 heteroatoms. The van der Waals surface area contributed by atoms with E-state index in [2.05, 4.69) is 0 Å². The summed E-state index contributed by atoms with van der Waals surface area (Å²) in [6, 6.07) is 0. The highest BCUT2D eigenvalue weighted by Gasteiger charge is 2.56. The zero-order chi connectivity index (χ0) is 15.3. The molecule has 0 aromatic heterocycles. The van der Waals surface area contributed by atoms with Crippen molar-refractivity contribution in [3.8, 4) is 0 Å². The molecule has 0 heterocycles. The highest BCUT2D eigenvalue weighted by molar-refractivity contribution is 8.00. The second kappa shape index (κ2) is 7.31. The zero-order valence-electron chi connectivity index (χ0n) is 10.6. The summed E-state index contributed by atoms with van der Waals surface area (Å²) < 4.78 is 60.8. The van der Waals surface area contributed by atoms with Gasteiger partial charge in [0.1, 0.15) is 5.25 Å². The van der Waals surface area contributed by atoms with Gasteiger partial charge in [0.15, 0.2) is 0 Å². The molecule has 0 aromatic carbocycles. The van der Waals surface area contributed by atoms with Crippen LogP contribution in [0.4, 0.5) is 22.0 Å². The number of hydrogen-bond donors (Lipinski definition) is 1. The van der Waals surface area contributed by atoms with E-state index in [1.165, 1.54) is 0 Å². The monoisotopic (exact) mass is 308 g/mol. The molecule has 0 saturated heterocycles. The van der Waals surface area contributed by atoms with Crippen LogP contribution in [0.1, 0.15) is 33.1 Å². The summed E-state index contributed by atoms with van der Waals surface area (Å²) in [4.78, 5) is 10.8. The van der Waals surface area contributed by atoms with Crippen LogP contribution in [0.25, 0.3) is 0 Å². The minimum absolute atomic E-state index is 0.0324. The SMILES string of the molecule is CC(C)CC(SCCCC(F)(F)C(F)(F)F)C(=O)O. The normalized spacial score (nSPS) is 14.7. The fourth-order valence-corrected chi connectivity index (χ4v) is 2.59. The number of halogens is 5. The summed E-state index contributed by atoms with van der Waals surface area (Å²) in [5, 5.41) is 8.10. The Bertz CT molecular complexity index is 291. The van der Waals surface area contributed by atoms with Gasteiger partial charge in [0.25, 0.3) is 0 Å². The number of carboxylic acids is 1. The Hall–Kier alpha value is -0.530. The molecule has 0 aliphatic carbocycles. The number of hydrogen-bond acceptors (Lipinski definition) is 2. The molecule has 0 aliphatic heterocycles. The molecular weight excluding hydrogens is 291 g/mol. The van der Waals surface area contributed by atoms with Crippen LogP contribution < -0.4 is 0 Å². The third-order valence-corrected chi connectivity index (χ3v) is 3.65. The van der Waals surface area contributed by atoms with E-state index in [1.807, 2.05) is 13.8 Å².